The molecule has 0 saturated heterocycles. The lowest BCUT2D eigenvalue weighted by Crippen LogP contribution is -2.44. The van der Waals surface area contributed by atoms with Gasteiger partial charge in [-0.25, -0.2) is 0 Å². The van der Waals surface area contributed by atoms with Crippen molar-refractivity contribution in [2.45, 2.75) is 315 Å². The van der Waals surface area contributed by atoms with E-state index >= 15 is 0 Å². The number of carboxylic acid groups (broad SMARTS) is 1. The number of quaternary nitrogens is 1. The molecule has 0 fully saturated rings. The van der Waals surface area contributed by atoms with Gasteiger partial charge in [-0.05, 0) is 51.4 Å². The zero-order valence-corrected chi connectivity index (χ0v) is 50.6. The van der Waals surface area contributed by atoms with Crippen molar-refractivity contribution in [2.75, 3.05) is 47.5 Å². The number of carbonyl (C=O) groups is 3. The monoisotopic (exact) mass is 1070 g/mol. The summed E-state index contributed by atoms with van der Waals surface area (Å²) in [7, 11) is 5.93. The standard InChI is InChI=1S/C67H123NO8/c1-6-8-10-12-14-16-18-20-22-24-26-28-30-32-33-34-36-38-40-42-44-46-48-50-52-54-56-58-65(70)76-63(62-75-67(66(71)72)73-60-59-68(3,4)5)61-74-64(69)57-55-53-51-49-47-45-43-41-39-37-35-31-29-27-25-23-21-19-17-15-13-11-9-7-2/h8,10,14,16,20,22,26,28,63,67H,6-7,9,11-13,15,17-19,21,23-25,27,29-62H2,1-5H3/b10-8-,16-14-,22-20-,28-26-. The van der Waals surface area contributed by atoms with E-state index < -0.39 is 24.3 Å². The minimum atomic E-state index is -1.62. The van der Waals surface area contributed by atoms with Crippen LogP contribution >= 0.6 is 0 Å². The van der Waals surface area contributed by atoms with E-state index in [0.717, 1.165) is 57.8 Å². The van der Waals surface area contributed by atoms with Crippen LogP contribution in [0.15, 0.2) is 48.6 Å². The van der Waals surface area contributed by atoms with Gasteiger partial charge in [-0.1, -0.05) is 287 Å². The van der Waals surface area contributed by atoms with Crippen LogP contribution in [0.4, 0.5) is 0 Å². The average Bonchev–Trinajstić information content (AvgIpc) is 3.39. The highest BCUT2D eigenvalue weighted by Gasteiger charge is 2.22. The van der Waals surface area contributed by atoms with E-state index in [-0.39, 0.29) is 32.2 Å². The molecular weight excluding hydrogens is 947 g/mol. The van der Waals surface area contributed by atoms with Crippen LogP contribution in [0.3, 0.4) is 0 Å². The summed E-state index contributed by atoms with van der Waals surface area (Å²) in [6.45, 7) is 4.69. The number of carboxylic acids is 1. The number of unbranched alkanes of at least 4 members (excludes halogenated alkanes) is 37. The maximum absolute atomic E-state index is 12.9. The Morgan fingerprint density at radius 1 is 0.408 bits per heavy atom. The van der Waals surface area contributed by atoms with E-state index in [4.69, 9.17) is 18.9 Å². The molecular formula is C67H123NO8. The first-order valence-electron chi connectivity index (χ1n) is 32.3. The number of nitrogens with zero attached hydrogens (tertiary/aromatic N) is 1. The van der Waals surface area contributed by atoms with Crippen molar-refractivity contribution in [2.24, 2.45) is 0 Å². The number of hydrogen-bond donors (Lipinski definition) is 0. The summed E-state index contributed by atoms with van der Waals surface area (Å²) in [5.74, 6) is -2.26. The molecule has 2 unspecified atom stereocenters. The normalized spacial score (nSPS) is 13.0. The van der Waals surface area contributed by atoms with Gasteiger partial charge in [0.1, 0.15) is 13.2 Å². The molecule has 0 saturated carbocycles. The van der Waals surface area contributed by atoms with E-state index in [1.807, 2.05) is 21.1 Å². The van der Waals surface area contributed by atoms with E-state index in [1.165, 1.54) is 212 Å². The van der Waals surface area contributed by atoms with E-state index in [2.05, 4.69) is 62.5 Å². The van der Waals surface area contributed by atoms with Crippen molar-refractivity contribution in [3.05, 3.63) is 48.6 Å². The second-order valence-corrected chi connectivity index (χ2v) is 23.0. The predicted octanol–water partition coefficient (Wildman–Crippen LogP) is 18.1. The summed E-state index contributed by atoms with van der Waals surface area (Å²) in [4.78, 5) is 37.4. The van der Waals surface area contributed by atoms with Gasteiger partial charge in [0, 0.05) is 12.8 Å². The molecule has 0 amide bonds. The molecule has 0 heterocycles. The minimum Gasteiger partial charge on any atom is -0.545 e. The first kappa shape index (κ1) is 73.2. The van der Waals surface area contributed by atoms with Crippen LogP contribution in [0.1, 0.15) is 303 Å². The zero-order chi connectivity index (χ0) is 55.5. The van der Waals surface area contributed by atoms with Crippen molar-refractivity contribution in [3.8, 4) is 0 Å². The van der Waals surface area contributed by atoms with Crippen LogP contribution in [0, 0.1) is 0 Å². The molecule has 0 aromatic heterocycles. The quantitative estimate of drug-likeness (QED) is 0.0195. The molecule has 0 aromatic carbocycles. The van der Waals surface area contributed by atoms with E-state index in [0.29, 0.717) is 23.9 Å². The summed E-state index contributed by atoms with van der Waals surface area (Å²) < 4.78 is 22.8. The molecule has 0 aliphatic rings. The molecule has 0 rings (SSSR count). The number of carbonyl (C=O) groups excluding carboxylic acids is 3. The van der Waals surface area contributed by atoms with Gasteiger partial charge < -0.3 is 33.3 Å². The third-order valence-corrected chi connectivity index (χ3v) is 14.3. The Morgan fingerprint density at radius 2 is 0.750 bits per heavy atom. The summed E-state index contributed by atoms with van der Waals surface area (Å²) in [6, 6.07) is 0. The van der Waals surface area contributed by atoms with Crippen LogP contribution in [-0.4, -0.2) is 82.3 Å². The number of esters is 2. The molecule has 444 valence electrons. The molecule has 0 bridgehead atoms. The van der Waals surface area contributed by atoms with Gasteiger partial charge in [0.2, 0.25) is 0 Å². The van der Waals surface area contributed by atoms with Gasteiger partial charge in [-0.3, -0.25) is 9.59 Å². The SMILES string of the molecule is CC/C=C\C/C=C\C/C=C\C/C=C\CCCCCCCCCCCCCCCCC(=O)OC(COC(=O)CCCCCCCCCCCCCCCCCCCCCCCCCC)COC(OCC[N+](C)(C)C)C(=O)[O-]. The van der Waals surface area contributed by atoms with Crippen molar-refractivity contribution in [3.63, 3.8) is 0 Å². The molecule has 0 aliphatic heterocycles. The maximum Gasteiger partial charge on any atom is 0.306 e. The van der Waals surface area contributed by atoms with Crippen LogP contribution in [0.5, 0.6) is 0 Å². The molecule has 0 spiro atoms. The highest BCUT2D eigenvalue weighted by molar-refractivity contribution is 5.70. The minimum absolute atomic E-state index is 0.149. The van der Waals surface area contributed by atoms with E-state index in [1.54, 1.807) is 0 Å². The molecule has 9 nitrogen and oxygen atoms in total. The highest BCUT2D eigenvalue weighted by atomic mass is 16.7. The van der Waals surface area contributed by atoms with Crippen molar-refractivity contribution in [1.82, 2.24) is 0 Å². The number of hydrogen-bond acceptors (Lipinski definition) is 8. The number of likely N-dealkylation sites (N-methyl/N-ethyl adjacent to an activating group) is 1. The smallest absolute Gasteiger partial charge is 0.306 e. The lowest BCUT2D eigenvalue weighted by molar-refractivity contribution is -0.870. The third-order valence-electron chi connectivity index (χ3n) is 14.3. The summed E-state index contributed by atoms with van der Waals surface area (Å²) >= 11 is 0. The summed E-state index contributed by atoms with van der Waals surface area (Å²) in [6.07, 6.45) is 70.3. The molecule has 0 aromatic rings. The Balaban J connectivity index is 4.14. The maximum atomic E-state index is 12.9. The average molecular weight is 1070 g/mol. The molecule has 9 heteroatoms. The Morgan fingerprint density at radius 3 is 1.12 bits per heavy atom. The van der Waals surface area contributed by atoms with E-state index in [9.17, 15) is 19.5 Å². The molecule has 0 radical (unpaired) electrons. The Kier molecular flexibility index (Phi) is 56.3. The lowest BCUT2D eigenvalue weighted by Gasteiger charge is -2.26. The van der Waals surface area contributed by atoms with Crippen LogP contribution in [0.25, 0.3) is 0 Å². The molecule has 76 heavy (non-hydrogen) atoms. The van der Waals surface area contributed by atoms with Crippen molar-refractivity contribution >= 4 is 17.9 Å². The van der Waals surface area contributed by atoms with Crippen molar-refractivity contribution < 1.29 is 42.9 Å². The number of allylic oxidation sites excluding steroid dienone is 8. The van der Waals surface area contributed by atoms with Gasteiger partial charge >= 0.3 is 11.9 Å². The summed E-state index contributed by atoms with van der Waals surface area (Å²) in [5, 5.41) is 11.8. The molecule has 0 aliphatic carbocycles. The zero-order valence-electron chi connectivity index (χ0n) is 50.6. The first-order chi connectivity index (χ1) is 37.1. The van der Waals surface area contributed by atoms with Gasteiger partial charge in [0.25, 0.3) is 0 Å². The predicted molar refractivity (Wildman–Crippen MR) is 320 cm³/mol. The second kappa shape index (κ2) is 58.4. The highest BCUT2D eigenvalue weighted by Crippen LogP contribution is 2.18. The van der Waals surface area contributed by atoms with Gasteiger partial charge in [-0.15, -0.1) is 0 Å². The van der Waals surface area contributed by atoms with Gasteiger partial charge in [-0.2, -0.15) is 0 Å². The third kappa shape index (κ3) is 58.9. The van der Waals surface area contributed by atoms with Crippen LogP contribution in [0.2, 0.25) is 0 Å². The van der Waals surface area contributed by atoms with Crippen LogP contribution in [-0.2, 0) is 33.3 Å². The fraction of sp³-hybridized carbons (Fsp3) is 0.836. The first-order valence-corrected chi connectivity index (χ1v) is 32.3. The second-order valence-electron chi connectivity index (χ2n) is 23.0. The van der Waals surface area contributed by atoms with Gasteiger partial charge in [0.15, 0.2) is 12.4 Å². The lowest BCUT2D eigenvalue weighted by atomic mass is 10.0. The number of aliphatic carboxylic acids is 1. The summed E-state index contributed by atoms with van der Waals surface area (Å²) in [5.41, 5.74) is 0. The largest absolute Gasteiger partial charge is 0.545 e. The van der Waals surface area contributed by atoms with Gasteiger partial charge in [0.05, 0.1) is 40.3 Å². The Hall–Kier alpha value is -2.75. The van der Waals surface area contributed by atoms with Crippen LogP contribution < -0.4 is 5.11 Å². The number of ether oxygens (including phenoxy) is 4. The molecule has 0 N–H and O–H groups in total. The van der Waals surface area contributed by atoms with Crippen molar-refractivity contribution in [1.29, 1.82) is 0 Å². The Labute approximate surface area is 470 Å². The fourth-order valence-corrected chi connectivity index (χ4v) is 9.41. The topological polar surface area (TPSA) is 111 Å². The fourth-order valence-electron chi connectivity index (χ4n) is 9.41. The molecule has 2 atom stereocenters. The number of rotatable bonds is 60. The Bertz CT molecular complexity index is 1380.